The minimum absolute atomic E-state index is 0. The molecule has 0 saturated carbocycles. The minimum atomic E-state index is -0.133. The number of rotatable bonds is 8. The number of nitrogens with one attached hydrogen (secondary N) is 3. The Morgan fingerprint density at radius 1 is 1.13 bits per heavy atom. The summed E-state index contributed by atoms with van der Waals surface area (Å²) in [5.74, 6) is 2.63. The van der Waals surface area contributed by atoms with Gasteiger partial charge in [0.25, 0.3) is 5.91 Å². The number of halogens is 1. The number of aliphatic imine (C=N–C) groups is 1. The number of aromatic nitrogens is 1. The molecule has 1 amide bonds. The zero-order valence-corrected chi connectivity index (χ0v) is 20.6. The van der Waals surface area contributed by atoms with Crippen LogP contribution in [0, 0.1) is 0 Å². The van der Waals surface area contributed by atoms with E-state index in [4.69, 9.17) is 9.15 Å². The quantitative estimate of drug-likeness (QED) is 0.210. The molecule has 8 nitrogen and oxygen atoms in total. The van der Waals surface area contributed by atoms with Crippen molar-refractivity contribution < 1.29 is 13.9 Å². The summed E-state index contributed by atoms with van der Waals surface area (Å²) in [6, 6.07) is 6.98. The van der Waals surface area contributed by atoms with Crippen molar-refractivity contribution in [3.63, 3.8) is 0 Å². The van der Waals surface area contributed by atoms with Gasteiger partial charge in [-0.05, 0) is 31.2 Å². The largest absolute Gasteiger partial charge is 0.497 e. The summed E-state index contributed by atoms with van der Waals surface area (Å²) >= 11 is 0. The van der Waals surface area contributed by atoms with Gasteiger partial charge in [0.05, 0.1) is 13.3 Å². The number of carbonyl (C=O) groups is 1. The van der Waals surface area contributed by atoms with Crippen LogP contribution in [0.25, 0.3) is 0 Å². The first kappa shape index (κ1) is 25.7. The average molecular weight is 529 g/mol. The second kappa shape index (κ2) is 12.4. The van der Waals surface area contributed by atoms with E-state index in [0.29, 0.717) is 37.0 Å². The van der Waals surface area contributed by atoms with Gasteiger partial charge in [-0.2, -0.15) is 0 Å². The number of benzene rings is 1. The van der Waals surface area contributed by atoms with Crippen molar-refractivity contribution in [1.82, 2.24) is 20.9 Å². The predicted molar refractivity (Wildman–Crippen MR) is 129 cm³/mol. The van der Waals surface area contributed by atoms with E-state index >= 15 is 0 Å². The fraction of sp³-hybridized carbons (Fsp3) is 0.476. The fourth-order valence-corrected chi connectivity index (χ4v) is 2.42. The summed E-state index contributed by atoms with van der Waals surface area (Å²) < 4.78 is 10.9. The lowest BCUT2D eigenvalue weighted by molar-refractivity contribution is 0.0954. The number of hydrogen-bond donors (Lipinski definition) is 3. The van der Waals surface area contributed by atoms with Gasteiger partial charge in [0.2, 0.25) is 5.89 Å². The molecule has 1 aromatic carbocycles. The summed E-state index contributed by atoms with van der Waals surface area (Å²) in [6.07, 6.45) is 1.75. The average Bonchev–Trinajstić information content (AvgIpc) is 3.18. The molecule has 0 fully saturated rings. The Hall–Kier alpha value is -2.30. The molecule has 1 heterocycles. The molecule has 3 N–H and O–H groups in total. The molecule has 2 rings (SSSR count). The Morgan fingerprint density at radius 2 is 1.80 bits per heavy atom. The van der Waals surface area contributed by atoms with Crippen LogP contribution in [0.1, 0.15) is 49.7 Å². The summed E-state index contributed by atoms with van der Waals surface area (Å²) in [4.78, 5) is 20.9. The summed E-state index contributed by atoms with van der Waals surface area (Å²) in [6.45, 7) is 10.3. The first-order valence-corrected chi connectivity index (χ1v) is 9.73. The van der Waals surface area contributed by atoms with Crippen LogP contribution in [0.4, 0.5) is 0 Å². The Labute approximate surface area is 195 Å². The molecule has 166 valence electrons. The number of methoxy groups -OCH3 is 1. The lowest BCUT2D eigenvalue weighted by Gasteiger charge is -2.13. The van der Waals surface area contributed by atoms with Crippen LogP contribution < -0.4 is 20.7 Å². The van der Waals surface area contributed by atoms with Crippen molar-refractivity contribution >= 4 is 35.8 Å². The summed E-state index contributed by atoms with van der Waals surface area (Å²) in [5, 5.41) is 9.22. The van der Waals surface area contributed by atoms with E-state index in [0.717, 1.165) is 18.1 Å². The van der Waals surface area contributed by atoms with Gasteiger partial charge in [0.1, 0.15) is 18.1 Å². The maximum Gasteiger partial charge on any atom is 0.251 e. The third kappa shape index (κ3) is 8.21. The number of ether oxygens (including phenoxy) is 1. The molecule has 2 aromatic rings. The Morgan fingerprint density at radius 3 is 2.37 bits per heavy atom. The maximum absolute atomic E-state index is 12.2. The van der Waals surface area contributed by atoms with E-state index in [1.165, 1.54) is 0 Å². The first-order chi connectivity index (χ1) is 13.8. The van der Waals surface area contributed by atoms with E-state index in [9.17, 15) is 4.79 Å². The van der Waals surface area contributed by atoms with E-state index in [1.54, 1.807) is 37.6 Å². The summed E-state index contributed by atoms with van der Waals surface area (Å²) in [5.41, 5.74) is 0.504. The van der Waals surface area contributed by atoms with Gasteiger partial charge in [-0.1, -0.05) is 20.8 Å². The number of amides is 1. The van der Waals surface area contributed by atoms with Crippen LogP contribution in [-0.4, -0.2) is 43.6 Å². The number of carbonyl (C=O) groups excluding carboxylic acids is 1. The van der Waals surface area contributed by atoms with Crippen LogP contribution in [0.3, 0.4) is 0 Å². The molecule has 9 heteroatoms. The number of hydrogen-bond acceptors (Lipinski definition) is 5. The number of nitrogens with zero attached hydrogens (tertiary/aromatic N) is 2. The molecule has 0 spiro atoms. The molecular formula is C21H32IN5O3. The highest BCUT2D eigenvalue weighted by atomic mass is 127. The SMILES string of the molecule is CCNC(=NCc1ncc(C(C)(C)C)o1)NCCNC(=O)c1ccc(OC)cc1.I. The lowest BCUT2D eigenvalue weighted by atomic mass is 9.94. The molecule has 0 saturated heterocycles. The molecule has 0 aliphatic heterocycles. The molecule has 0 bridgehead atoms. The highest BCUT2D eigenvalue weighted by molar-refractivity contribution is 14.0. The third-order valence-electron chi connectivity index (χ3n) is 4.06. The highest BCUT2D eigenvalue weighted by Crippen LogP contribution is 2.22. The standard InChI is InChI=1S/C21H31N5O3.HI/c1-6-22-20(26-14-18-25-13-17(29-18)21(2,3)4)24-12-11-23-19(27)15-7-9-16(28-5)10-8-15;/h7-10,13H,6,11-12,14H2,1-5H3,(H,23,27)(H2,22,24,26);1H. The van der Waals surface area contributed by atoms with Gasteiger partial charge in [-0.25, -0.2) is 9.98 Å². The smallest absolute Gasteiger partial charge is 0.251 e. The lowest BCUT2D eigenvalue weighted by Crippen LogP contribution is -2.41. The van der Waals surface area contributed by atoms with Gasteiger partial charge in [-0.15, -0.1) is 24.0 Å². The van der Waals surface area contributed by atoms with Crippen molar-refractivity contribution in [2.45, 2.75) is 39.7 Å². The molecule has 0 aliphatic rings. The Balaban J connectivity index is 0.00000450. The summed E-state index contributed by atoms with van der Waals surface area (Å²) in [7, 11) is 1.59. The second-order valence-electron chi connectivity index (χ2n) is 7.47. The predicted octanol–water partition coefficient (Wildman–Crippen LogP) is 3.08. The minimum Gasteiger partial charge on any atom is -0.497 e. The number of guanidine groups is 1. The van der Waals surface area contributed by atoms with Gasteiger partial charge in [0, 0.05) is 30.6 Å². The van der Waals surface area contributed by atoms with Gasteiger partial charge < -0.3 is 25.1 Å². The zero-order chi connectivity index (χ0) is 21.3. The monoisotopic (exact) mass is 529 g/mol. The maximum atomic E-state index is 12.2. The van der Waals surface area contributed by atoms with E-state index in [-0.39, 0.29) is 35.3 Å². The molecule has 0 aliphatic carbocycles. The van der Waals surface area contributed by atoms with Crippen molar-refractivity contribution in [1.29, 1.82) is 0 Å². The molecule has 0 unspecified atom stereocenters. The topological polar surface area (TPSA) is 101 Å². The highest BCUT2D eigenvalue weighted by Gasteiger charge is 2.19. The van der Waals surface area contributed by atoms with Crippen molar-refractivity contribution in [3.8, 4) is 5.75 Å². The normalized spacial score (nSPS) is 11.4. The Kier molecular flexibility index (Phi) is 10.6. The van der Waals surface area contributed by atoms with Crippen molar-refractivity contribution in [2.75, 3.05) is 26.7 Å². The van der Waals surface area contributed by atoms with Gasteiger partial charge in [0.15, 0.2) is 5.96 Å². The van der Waals surface area contributed by atoms with Crippen LogP contribution in [0.5, 0.6) is 5.75 Å². The second-order valence-corrected chi connectivity index (χ2v) is 7.47. The molecule has 1 aromatic heterocycles. The van der Waals surface area contributed by atoms with Crippen LogP contribution >= 0.6 is 24.0 Å². The van der Waals surface area contributed by atoms with Gasteiger partial charge in [-0.3, -0.25) is 4.79 Å². The zero-order valence-electron chi connectivity index (χ0n) is 18.2. The van der Waals surface area contributed by atoms with Crippen molar-refractivity contribution in [2.24, 2.45) is 4.99 Å². The first-order valence-electron chi connectivity index (χ1n) is 9.73. The van der Waals surface area contributed by atoms with E-state index in [1.807, 2.05) is 6.92 Å². The van der Waals surface area contributed by atoms with Crippen LogP contribution in [-0.2, 0) is 12.0 Å². The Bertz CT molecular complexity index is 813. The molecular weight excluding hydrogens is 497 g/mol. The number of oxazole rings is 1. The van der Waals surface area contributed by atoms with Crippen LogP contribution in [0.2, 0.25) is 0 Å². The molecule has 0 radical (unpaired) electrons. The van der Waals surface area contributed by atoms with E-state index in [2.05, 4.69) is 46.7 Å². The molecule has 0 atom stereocenters. The van der Waals surface area contributed by atoms with Gasteiger partial charge >= 0.3 is 0 Å². The van der Waals surface area contributed by atoms with Crippen molar-refractivity contribution in [3.05, 3.63) is 47.7 Å². The van der Waals surface area contributed by atoms with Crippen LogP contribution in [0.15, 0.2) is 39.9 Å². The molecule has 30 heavy (non-hydrogen) atoms. The third-order valence-corrected chi connectivity index (χ3v) is 4.06. The van der Waals surface area contributed by atoms with E-state index < -0.39 is 0 Å². The fourth-order valence-electron chi connectivity index (χ4n) is 2.42.